The van der Waals surface area contributed by atoms with E-state index in [0.717, 1.165) is 65.6 Å². The summed E-state index contributed by atoms with van der Waals surface area (Å²) in [6.45, 7) is 1.80. The summed E-state index contributed by atoms with van der Waals surface area (Å²) >= 11 is 0. The van der Waals surface area contributed by atoms with Crippen LogP contribution in [0.4, 0.5) is 11.5 Å². The van der Waals surface area contributed by atoms with Crippen LogP contribution in [-0.4, -0.2) is 32.9 Å². The van der Waals surface area contributed by atoms with Crippen LogP contribution in [0, 0.1) is 5.92 Å². The number of ether oxygens (including phenoxy) is 1. The number of benzene rings is 2. The minimum absolute atomic E-state index is 0.0474. The lowest BCUT2D eigenvalue weighted by atomic mass is 10.1. The second-order valence-electron chi connectivity index (χ2n) is 8.85. The lowest BCUT2D eigenvalue weighted by Crippen LogP contribution is -2.21. The van der Waals surface area contributed by atoms with Crippen molar-refractivity contribution in [3.05, 3.63) is 67.1 Å². The van der Waals surface area contributed by atoms with Gasteiger partial charge in [0, 0.05) is 30.6 Å². The van der Waals surface area contributed by atoms with E-state index < -0.39 is 0 Å². The van der Waals surface area contributed by atoms with Crippen molar-refractivity contribution in [1.29, 1.82) is 0 Å². The fraction of sp³-hybridized carbons (Fsp3) is 0.346. The Kier molecular flexibility index (Phi) is 5.07. The van der Waals surface area contributed by atoms with E-state index in [0.29, 0.717) is 0 Å². The largest absolute Gasteiger partial charge is 0.357 e. The molecular formula is C26H27N5O. The van der Waals surface area contributed by atoms with Crippen LogP contribution in [-0.2, 0) is 4.74 Å². The van der Waals surface area contributed by atoms with Gasteiger partial charge in [-0.15, -0.1) is 0 Å². The summed E-state index contributed by atoms with van der Waals surface area (Å²) in [5.74, 6) is 1.64. The second kappa shape index (κ2) is 8.36. The molecule has 2 aromatic carbocycles. The van der Waals surface area contributed by atoms with E-state index >= 15 is 0 Å². The summed E-state index contributed by atoms with van der Waals surface area (Å²) in [7, 11) is 0. The highest BCUT2D eigenvalue weighted by Crippen LogP contribution is 2.35. The third-order valence-electron chi connectivity index (χ3n) is 6.40. The third kappa shape index (κ3) is 3.98. The molecule has 1 aliphatic carbocycles. The molecule has 1 saturated carbocycles. The van der Waals surface area contributed by atoms with E-state index in [1.807, 2.05) is 23.1 Å². The monoisotopic (exact) mass is 425 g/mol. The number of nitrogens with zero attached hydrogens (tertiary/aromatic N) is 5. The van der Waals surface area contributed by atoms with Crippen molar-refractivity contribution in [2.45, 2.75) is 38.3 Å². The van der Waals surface area contributed by atoms with Gasteiger partial charge >= 0.3 is 0 Å². The maximum Gasteiger partial charge on any atom is 0.152 e. The van der Waals surface area contributed by atoms with Crippen LogP contribution in [0.5, 0.6) is 0 Å². The first-order chi connectivity index (χ1) is 15.8. The van der Waals surface area contributed by atoms with Gasteiger partial charge in [-0.1, -0.05) is 24.3 Å². The van der Waals surface area contributed by atoms with Crippen molar-refractivity contribution in [1.82, 2.24) is 19.7 Å². The maximum atomic E-state index is 5.88. The van der Waals surface area contributed by atoms with Gasteiger partial charge < -0.3 is 9.64 Å². The van der Waals surface area contributed by atoms with E-state index in [1.54, 1.807) is 0 Å². The molecule has 0 bridgehead atoms. The molecule has 4 aromatic rings. The highest BCUT2D eigenvalue weighted by atomic mass is 16.5. The Morgan fingerprint density at radius 2 is 1.84 bits per heavy atom. The Labute approximate surface area is 187 Å². The van der Waals surface area contributed by atoms with E-state index in [4.69, 9.17) is 14.7 Å². The minimum Gasteiger partial charge on any atom is -0.357 e. The Morgan fingerprint density at radius 3 is 2.66 bits per heavy atom. The molecule has 3 heterocycles. The molecule has 1 unspecified atom stereocenters. The van der Waals surface area contributed by atoms with Crippen molar-refractivity contribution in [3.63, 3.8) is 0 Å². The summed E-state index contributed by atoms with van der Waals surface area (Å²) in [5, 5.41) is 4.57. The standard InChI is InChI=1S/C26H27N5O/c1-2-6-22(7-3-1)30(17-19-9-10-19)25-16-27-23-12-11-20(14-24(23)29-25)21-15-28-31(18-21)26-8-4-5-13-32-26/h1-3,6-7,11-12,14-16,18-19,26H,4-5,8-10,13,17H2. The molecule has 0 N–H and O–H groups in total. The normalized spacial score (nSPS) is 18.7. The quantitative estimate of drug-likeness (QED) is 0.394. The molecule has 0 amide bonds. The first-order valence-corrected chi connectivity index (χ1v) is 11.6. The van der Waals surface area contributed by atoms with Crippen LogP contribution in [0.1, 0.15) is 38.3 Å². The van der Waals surface area contributed by atoms with Crippen molar-refractivity contribution in [2.75, 3.05) is 18.1 Å². The van der Waals surface area contributed by atoms with Gasteiger partial charge in [0.1, 0.15) is 6.23 Å². The highest BCUT2D eigenvalue weighted by molar-refractivity contribution is 5.82. The number of rotatable bonds is 6. The topological polar surface area (TPSA) is 56.1 Å². The first-order valence-electron chi connectivity index (χ1n) is 11.6. The predicted molar refractivity (Wildman–Crippen MR) is 126 cm³/mol. The molecule has 2 aromatic heterocycles. The number of fused-ring (bicyclic) bond motifs is 1. The number of para-hydroxylation sites is 1. The van der Waals surface area contributed by atoms with Gasteiger partial charge in [0.25, 0.3) is 0 Å². The molecule has 6 heteroatoms. The average molecular weight is 426 g/mol. The summed E-state index contributed by atoms with van der Waals surface area (Å²) in [4.78, 5) is 12.1. The van der Waals surface area contributed by atoms with Crippen LogP contribution in [0.2, 0.25) is 0 Å². The predicted octanol–water partition coefficient (Wildman–Crippen LogP) is 5.74. The third-order valence-corrected chi connectivity index (χ3v) is 6.40. The molecule has 0 radical (unpaired) electrons. The molecule has 6 nitrogen and oxygen atoms in total. The molecule has 6 rings (SSSR count). The first kappa shape index (κ1) is 19.4. The van der Waals surface area contributed by atoms with Crippen LogP contribution < -0.4 is 4.90 Å². The van der Waals surface area contributed by atoms with Crippen LogP contribution in [0.3, 0.4) is 0 Å². The summed E-state index contributed by atoms with van der Waals surface area (Å²) in [5.41, 5.74) is 5.14. The number of hydrogen-bond donors (Lipinski definition) is 0. The summed E-state index contributed by atoms with van der Waals surface area (Å²) in [6.07, 6.45) is 11.9. The van der Waals surface area contributed by atoms with Crippen molar-refractivity contribution in [2.24, 2.45) is 5.92 Å². The van der Waals surface area contributed by atoms with E-state index in [-0.39, 0.29) is 6.23 Å². The van der Waals surface area contributed by atoms with Crippen molar-refractivity contribution < 1.29 is 4.74 Å². The van der Waals surface area contributed by atoms with E-state index in [1.165, 1.54) is 19.3 Å². The Balaban J connectivity index is 1.33. The number of anilines is 2. The molecule has 2 aliphatic rings. The smallest absolute Gasteiger partial charge is 0.152 e. The lowest BCUT2D eigenvalue weighted by Gasteiger charge is -2.23. The van der Waals surface area contributed by atoms with Crippen LogP contribution in [0.15, 0.2) is 67.1 Å². The summed E-state index contributed by atoms with van der Waals surface area (Å²) < 4.78 is 7.83. The highest BCUT2D eigenvalue weighted by Gasteiger charge is 2.26. The zero-order chi connectivity index (χ0) is 21.3. The fourth-order valence-corrected chi connectivity index (χ4v) is 4.39. The molecule has 2 fully saturated rings. The molecule has 1 aliphatic heterocycles. The molecule has 162 valence electrons. The van der Waals surface area contributed by atoms with Crippen LogP contribution >= 0.6 is 0 Å². The molecule has 1 saturated heterocycles. The van der Waals surface area contributed by atoms with Crippen molar-refractivity contribution >= 4 is 22.5 Å². The Bertz CT molecular complexity index is 1210. The van der Waals surface area contributed by atoms with Gasteiger partial charge in [0.2, 0.25) is 0 Å². The van der Waals surface area contributed by atoms with Crippen molar-refractivity contribution in [3.8, 4) is 11.1 Å². The van der Waals surface area contributed by atoms with Gasteiger partial charge in [0.05, 0.1) is 23.4 Å². The Hall–Kier alpha value is -3.25. The van der Waals surface area contributed by atoms with Gasteiger partial charge in [-0.05, 0) is 67.9 Å². The molecule has 32 heavy (non-hydrogen) atoms. The second-order valence-corrected chi connectivity index (χ2v) is 8.85. The van der Waals surface area contributed by atoms with Gasteiger partial charge in [-0.2, -0.15) is 5.10 Å². The number of aromatic nitrogens is 4. The van der Waals surface area contributed by atoms with Gasteiger partial charge in [-0.3, -0.25) is 4.98 Å². The van der Waals surface area contributed by atoms with Gasteiger partial charge in [0.15, 0.2) is 5.82 Å². The molecular weight excluding hydrogens is 398 g/mol. The lowest BCUT2D eigenvalue weighted by molar-refractivity contribution is -0.0394. The zero-order valence-corrected chi connectivity index (χ0v) is 18.1. The molecule has 0 spiro atoms. The number of hydrogen-bond acceptors (Lipinski definition) is 5. The Morgan fingerprint density at radius 1 is 0.938 bits per heavy atom. The molecule has 1 atom stereocenters. The SMILES string of the molecule is c1ccc(N(CC2CC2)c2cnc3ccc(-c4cnn(C5CCCCO5)c4)cc3n2)cc1. The van der Waals surface area contributed by atoms with Gasteiger partial charge in [-0.25, -0.2) is 9.67 Å². The van der Waals surface area contributed by atoms with Crippen LogP contribution in [0.25, 0.3) is 22.2 Å². The maximum absolute atomic E-state index is 5.88. The average Bonchev–Trinajstić information content (AvgIpc) is 3.55. The van der Waals surface area contributed by atoms with E-state index in [2.05, 4.69) is 58.7 Å². The van der Waals surface area contributed by atoms with E-state index in [9.17, 15) is 0 Å². The summed E-state index contributed by atoms with van der Waals surface area (Å²) in [6, 6.07) is 16.8. The minimum atomic E-state index is 0.0474. The fourth-order valence-electron chi connectivity index (χ4n) is 4.39. The zero-order valence-electron chi connectivity index (χ0n) is 18.1.